The number of sulfonamides is 1. The molecule has 0 radical (unpaired) electrons. The number of rotatable bonds is 7. The van der Waals surface area contributed by atoms with Gasteiger partial charge in [-0.15, -0.1) is 0 Å². The van der Waals surface area contributed by atoms with Crippen LogP contribution in [0.3, 0.4) is 0 Å². The molecule has 5 heteroatoms. The Hall–Kier alpha value is -0.130. The molecule has 0 aliphatic carbocycles. The molecule has 0 unspecified atom stereocenters. The van der Waals surface area contributed by atoms with Gasteiger partial charge < -0.3 is 5.32 Å². The van der Waals surface area contributed by atoms with Gasteiger partial charge in [-0.1, -0.05) is 26.7 Å². The van der Waals surface area contributed by atoms with Gasteiger partial charge in [-0.3, -0.25) is 0 Å². The third-order valence-corrected chi connectivity index (χ3v) is 6.46. The maximum atomic E-state index is 12.1. The Morgan fingerprint density at radius 1 is 1.17 bits per heavy atom. The predicted molar refractivity (Wildman–Crippen MR) is 76.2 cm³/mol. The highest BCUT2D eigenvalue weighted by Crippen LogP contribution is 2.38. The average molecular weight is 276 g/mol. The van der Waals surface area contributed by atoms with E-state index in [0.29, 0.717) is 24.9 Å². The maximum absolute atomic E-state index is 12.1. The Balaban J connectivity index is 2.51. The summed E-state index contributed by atoms with van der Waals surface area (Å²) in [5, 5.41) is 2.99. The summed E-state index contributed by atoms with van der Waals surface area (Å²) < 4.78 is 26.0. The molecule has 4 nitrogen and oxygen atoms in total. The second-order valence-corrected chi connectivity index (χ2v) is 7.47. The molecule has 0 aromatic carbocycles. The van der Waals surface area contributed by atoms with Gasteiger partial charge in [0.15, 0.2) is 0 Å². The minimum Gasteiger partial charge on any atom is -0.320 e. The summed E-state index contributed by atoms with van der Waals surface area (Å²) in [4.78, 5) is 0. The summed E-state index contributed by atoms with van der Waals surface area (Å²) in [6.07, 6.45) is 5.06. The van der Waals surface area contributed by atoms with Crippen LogP contribution < -0.4 is 5.32 Å². The largest absolute Gasteiger partial charge is 0.320 e. The molecule has 1 aliphatic rings. The number of piperidine rings is 1. The van der Waals surface area contributed by atoms with E-state index in [1.807, 2.05) is 7.05 Å². The fourth-order valence-electron chi connectivity index (χ4n) is 2.76. The van der Waals surface area contributed by atoms with Crippen LogP contribution >= 0.6 is 0 Å². The van der Waals surface area contributed by atoms with E-state index in [4.69, 9.17) is 0 Å². The summed E-state index contributed by atoms with van der Waals surface area (Å²) in [5.41, 5.74) is 0.386. The van der Waals surface area contributed by atoms with E-state index in [1.54, 1.807) is 4.31 Å². The molecular formula is C13H28N2O2S. The van der Waals surface area contributed by atoms with Crippen molar-refractivity contribution in [3.8, 4) is 0 Å². The van der Waals surface area contributed by atoms with Crippen LogP contribution in [0.4, 0.5) is 0 Å². The van der Waals surface area contributed by atoms with Crippen molar-refractivity contribution in [1.29, 1.82) is 0 Å². The standard InChI is InChI=1S/C13H28N2O2S/c1-4-13(5-2)7-10-15(11-8-13)18(16,17)12-6-9-14-3/h14H,4-12H2,1-3H3. The number of hydrogen-bond donors (Lipinski definition) is 1. The molecule has 1 aliphatic heterocycles. The van der Waals surface area contributed by atoms with Crippen molar-refractivity contribution in [3.63, 3.8) is 0 Å². The first kappa shape index (κ1) is 15.9. The van der Waals surface area contributed by atoms with Gasteiger partial charge >= 0.3 is 0 Å². The molecule has 1 N–H and O–H groups in total. The Bertz CT molecular complexity index is 327. The van der Waals surface area contributed by atoms with E-state index in [0.717, 1.165) is 32.2 Å². The van der Waals surface area contributed by atoms with Crippen LogP contribution in [0.15, 0.2) is 0 Å². The Morgan fingerprint density at radius 3 is 2.17 bits per heavy atom. The molecule has 1 fully saturated rings. The third-order valence-electron chi connectivity index (χ3n) is 4.51. The molecule has 1 rings (SSSR count). The highest BCUT2D eigenvalue weighted by molar-refractivity contribution is 7.89. The topological polar surface area (TPSA) is 49.4 Å². The van der Waals surface area contributed by atoms with Gasteiger partial charge in [0.1, 0.15) is 0 Å². The van der Waals surface area contributed by atoms with E-state index >= 15 is 0 Å². The molecular weight excluding hydrogens is 248 g/mol. The van der Waals surface area contributed by atoms with Crippen molar-refractivity contribution < 1.29 is 8.42 Å². The van der Waals surface area contributed by atoms with Crippen LogP contribution in [0.25, 0.3) is 0 Å². The smallest absolute Gasteiger partial charge is 0.214 e. The number of hydrogen-bond acceptors (Lipinski definition) is 3. The van der Waals surface area contributed by atoms with Crippen molar-refractivity contribution in [1.82, 2.24) is 9.62 Å². The molecule has 0 bridgehead atoms. The van der Waals surface area contributed by atoms with Crippen LogP contribution in [0.2, 0.25) is 0 Å². The Kier molecular flexibility index (Phi) is 6.08. The maximum Gasteiger partial charge on any atom is 0.214 e. The van der Waals surface area contributed by atoms with E-state index < -0.39 is 10.0 Å². The normalized spacial score (nSPS) is 21.1. The average Bonchev–Trinajstić information content (AvgIpc) is 2.39. The van der Waals surface area contributed by atoms with E-state index in [9.17, 15) is 8.42 Å². The molecule has 0 atom stereocenters. The summed E-state index contributed by atoms with van der Waals surface area (Å²) in [6, 6.07) is 0. The molecule has 18 heavy (non-hydrogen) atoms. The number of nitrogens with one attached hydrogen (secondary N) is 1. The van der Waals surface area contributed by atoms with Gasteiger partial charge in [0, 0.05) is 13.1 Å². The highest BCUT2D eigenvalue weighted by atomic mass is 32.2. The quantitative estimate of drug-likeness (QED) is 0.722. The second-order valence-electron chi connectivity index (χ2n) is 5.38. The van der Waals surface area contributed by atoms with E-state index in [1.165, 1.54) is 0 Å². The zero-order valence-corrected chi connectivity index (χ0v) is 12.9. The van der Waals surface area contributed by atoms with E-state index in [2.05, 4.69) is 19.2 Å². The van der Waals surface area contributed by atoms with Crippen LogP contribution in [0, 0.1) is 5.41 Å². The van der Waals surface area contributed by atoms with Crippen molar-refractivity contribution in [2.24, 2.45) is 5.41 Å². The van der Waals surface area contributed by atoms with Gasteiger partial charge in [-0.2, -0.15) is 0 Å². The molecule has 0 amide bonds. The fourth-order valence-corrected chi connectivity index (χ4v) is 4.26. The predicted octanol–water partition coefficient (Wildman–Crippen LogP) is 1.83. The highest BCUT2D eigenvalue weighted by Gasteiger charge is 2.35. The zero-order valence-electron chi connectivity index (χ0n) is 12.0. The summed E-state index contributed by atoms with van der Waals surface area (Å²) in [6.45, 7) is 6.63. The second kappa shape index (κ2) is 6.87. The first-order chi connectivity index (χ1) is 8.49. The minimum atomic E-state index is -3.03. The molecule has 0 saturated carbocycles. The summed E-state index contributed by atoms with van der Waals surface area (Å²) >= 11 is 0. The van der Waals surface area contributed by atoms with Crippen LogP contribution in [-0.2, 0) is 10.0 Å². The Morgan fingerprint density at radius 2 is 1.72 bits per heavy atom. The lowest BCUT2D eigenvalue weighted by atomic mass is 9.75. The lowest BCUT2D eigenvalue weighted by Crippen LogP contribution is -2.43. The lowest BCUT2D eigenvalue weighted by Gasteiger charge is -2.40. The SMILES string of the molecule is CCC1(CC)CCN(S(=O)(=O)CCCNC)CC1. The monoisotopic (exact) mass is 276 g/mol. The van der Waals surface area contributed by atoms with Gasteiger partial charge in [0.05, 0.1) is 5.75 Å². The third kappa shape index (κ3) is 3.93. The number of nitrogens with zero attached hydrogens (tertiary/aromatic N) is 1. The van der Waals surface area contributed by atoms with Gasteiger partial charge in [0.25, 0.3) is 0 Å². The van der Waals surface area contributed by atoms with Gasteiger partial charge in [-0.05, 0) is 38.3 Å². The first-order valence-corrected chi connectivity index (χ1v) is 8.73. The molecule has 1 heterocycles. The Labute approximate surface area is 112 Å². The van der Waals surface area contributed by atoms with E-state index in [-0.39, 0.29) is 5.75 Å². The first-order valence-electron chi connectivity index (χ1n) is 7.12. The van der Waals surface area contributed by atoms with Crippen LogP contribution in [-0.4, -0.2) is 45.2 Å². The lowest BCUT2D eigenvalue weighted by molar-refractivity contribution is 0.141. The molecule has 108 valence electrons. The fraction of sp³-hybridized carbons (Fsp3) is 1.00. The van der Waals surface area contributed by atoms with Crippen molar-refractivity contribution in [3.05, 3.63) is 0 Å². The molecule has 0 spiro atoms. The van der Waals surface area contributed by atoms with Crippen LogP contribution in [0.5, 0.6) is 0 Å². The summed E-state index contributed by atoms with van der Waals surface area (Å²) in [5.74, 6) is 0.277. The minimum absolute atomic E-state index is 0.277. The van der Waals surface area contributed by atoms with Crippen molar-refractivity contribution in [2.45, 2.75) is 46.0 Å². The van der Waals surface area contributed by atoms with Crippen molar-refractivity contribution in [2.75, 3.05) is 32.4 Å². The molecule has 1 saturated heterocycles. The van der Waals surface area contributed by atoms with Gasteiger partial charge in [0.2, 0.25) is 10.0 Å². The molecule has 0 aromatic rings. The summed E-state index contributed by atoms with van der Waals surface area (Å²) in [7, 11) is -1.18. The van der Waals surface area contributed by atoms with Crippen LogP contribution in [0.1, 0.15) is 46.0 Å². The molecule has 0 aromatic heterocycles. The van der Waals surface area contributed by atoms with Gasteiger partial charge in [-0.25, -0.2) is 12.7 Å². The van der Waals surface area contributed by atoms with Crippen molar-refractivity contribution >= 4 is 10.0 Å². The zero-order chi connectivity index (χ0) is 13.6.